The molecule has 7 heteroatoms. The van der Waals surface area contributed by atoms with Crippen molar-refractivity contribution in [1.29, 1.82) is 0 Å². The number of hydrazone groups is 1. The van der Waals surface area contributed by atoms with Gasteiger partial charge in [0.2, 0.25) is 5.91 Å². The molecule has 0 atom stereocenters. The first kappa shape index (κ1) is 16.4. The van der Waals surface area contributed by atoms with Crippen LogP contribution in [0, 0.1) is 0 Å². The van der Waals surface area contributed by atoms with Crippen molar-refractivity contribution in [3.8, 4) is 0 Å². The van der Waals surface area contributed by atoms with Crippen molar-refractivity contribution in [2.24, 2.45) is 5.10 Å². The minimum atomic E-state index is -0.194. The molecule has 0 aliphatic heterocycles. The van der Waals surface area contributed by atoms with Crippen LogP contribution in [0.4, 0.5) is 0 Å². The van der Waals surface area contributed by atoms with Crippen LogP contribution in [0.1, 0.15) is 5.69 Å². The van der Waals surface area contributed by atoms with E-state index in [9.17, 15) is 4.79 Å². The molecule has 0 bridgehead atoms. The van der Waals surface area contributed by atoms with Gasteiger partial charge >= 0.3 is 0 Å². The molecule has 0 aliphatic rings. The highest BCUT2D eigenvalue weighted by Crippen LogP contribution is 2.19. The van der Waals surface area contributed by atoms with E-state index in [4.69, 9.17) is 11.6 Å². The van der Waals surface area contributed by atoms with Crippen LogP contribution < -0.4 is 5.43 Å². The van der Waals surface area contributed by atoms with Crippen LogP contribution in [0.25, 0.3) is 11.0 Å². The molecule has 5 nitrogen and oxygen atoms in total. The van der Waals surface area contributed by atoms with E-state index in [0.29, 0.717) is 10.7 Å². The highest BCUT2D eigenvalue weighted by molar-refractivity contribution is 8.00. The van der Waals surface area contributed by atoms with Gasteiger partial charge in [0.1, 0.15) is 5.69 Å². The summed E-state index contributed by atoms with van der Waals surface area (Å²) >= 11 is 7.23. The van der Waals surface area contributed by atoms with Gasteiger partial charge in [-0.15, -0.1) is 11.8 Å². The van der Waals surface area contributed by atoms with E-state index in [-0.39, 0.29) is 11.7 Å². The molecule has 0 fully saturated rings. The normalized spacial score (nSPS) is 11.0. The quantitative estimate of drug-likeness (QED) is 0.431. The van der Waals surface area contributed by atoms with Gasteiger partial charge < -0.3 is 0 Å². The zero-order valence-corrected chi connectivity index (χ0v) is 14.1. The third kappa shape index (κ3) is 4.53. The maximum Gasteiger partial charge on any atom is 0.250 e. The molecule has 0 spiro atoms. The number of rotatable bonds is 5. The summed E-state index contributed by atoms with van der Waals surface area (Å²) in [5.74, 6) is 0.0717. The summed E-state index contributed by atoms with van der Waals surface area (Å²) in [6.07, 6.45) is 3.09. The van der Waals surface area contributed by atoms with Gasteiger partial charge in [-0.2, -0.15) is 5.10 Å². The molecule has 1 aromatic heterocycles. The summed E-state index contributed by atoms with van der Waals surface area (Å²) in [6.45, 7) is 0. The summed E-state index contributed by atoms with van der Waals surface area (Å²) in [5.41, 5.74) is 4.66. The Hall–Kier alpha value is -2.44. The number of halogens is 1. The van der Waals surface area contributed by atoms with Crippen molar-refractivity contribution in [1.82, 2.24) is 15.4 Å². The lowest BCUT2D eigenvalue weighted by Crippen LogP contribution is -2.19. The number of para-hydroxylation sites is 2. The molecule has 1 amide bonds. The van der Waals surface area contributed by atoms with Crippen molar-refractivity contribution in [2.45, 2.75) is 4.90 Å². The van der Waals surface area contributed by atoms with Crippen molar-refractivity contribution >= 4 is 46.5 Å². The number of amides is 1. The van der Waals surface area contributed by atoms with Crippen LogP contribution in [0.3, 0.4) is 0 Å². The van der Waals surface area contributed by atoms with Crippen LogP contribution in [-0.4, -0.2) is 27.8 Å². The first-order chi connectivity index (χ1) is 11.7. The molecule has 120 valence electrons. The largest absolute Gasteiger partial charge is 0.272 e. The first-order valence-corrected chi connectivity index (χ1v) is 8.49. The molecule has 3 aromatic rings. The Labute approximate surface area is 148 Å². The number of fused-ring (bicyclic) bond motifs is 1. The molecule has 0 unspecified atom stereocenters. The second-order valence-corrected chi connectivity index (χ2v) is 6.30. The Bertz CT molecular complexity index is 883. The molecular formula is C17H13ClN4OS. The fraction of sp³-hybridized carbons (Fsp3) is 0.0588. The summed E-state index contributed by atoms with van der Waals surface area (Å²) < 4.78 is 0. The van der Waals surface area contributed by atoms with Gasteiger partial charge in [0, 0.05) is 9.92 Å². The van der Waals surface area contributed by atoms with Gasteiger partial charge in [0.15, 0.2) is 0 Å². The molecule has 0 saturated heterocycles. The summed E-state index contributed by atoms with van der Waals surface area (Å²) in [7, 11) is 0. The van der Waals surface area contributed by atoms with Gasteiger partial charge in [0.25, 0.3) is 0 Å². The number of nitrogens with one attached hydrogen (secondary N) is 1. The third-order valence-corrected chi connectivity index (χ3v) is 4.30. The van der Waals surface area contributed by atoms with E-state index in [0.717, 1.165) is 15.9 Å². The van der Waals surface area contributed by atoms with E-state index < -0.39 is 0 Å². The Morgan fingerprint density at radius 1 is 1.17 bits per heavy atom. The van der Waals surface area contributed by atoms with Crippen LogP contribution in [0.5, 0.6) is 0 Å². The van der Waals surface area contributed by atoms with E-state index in [1.165, 1.54) is 18.0 Å². The number of benzene rings is 2. The number of carbonyl (C=O) groups is 1. The third-order valence-electron chi connectivity index (χ3n) is 3.04. The van der Waals surface area contributed by atoms with Crippen LogP contribution >= 0.6 is 23.4 Å². The predicted octanol–water partition coefficient (Wildman–Crippen LogP) is 3.53. The molecule has 1 heterocycles. The number of thioether (sulfide) groups is 1. The van der Waals surface area contributed by atoms with Crippen molar-refractivity contribution in [2.75, 3.05) is 5.75 Å². The Morgan fingerprint density at radius 2 is 1.92 bits per heavy atom. The zero-order valence-electron chi connectivity index (χ0n) is 12.5. The van der Waals surface area contributed by atoms with E-state index in [2.05, 4.69) is 20.5 Å². The fourth-order valence-electron chi connectivity index (χ4n) is 1.92. The average molecular weight is 357 g/mol. The second kappa shape index (κ2) is 7.90. The number of hydrogen-bond acceptors (Lipinski definition) is 5. The van der Waals surface area contributed by atoms with E-state index in [1.807, 2.05) is 36.4 Å². The standard InChI is InChI=1S/C17H13ClN4OS/c18-12-5-7-14(8-6-12)24-11-17(23)22-20-10-13-9-19-15-3-1-2-4-16(15)21-13/h1-10H,11H2,(H,22,23)/b20-10-. The molecule has 1 N–H and O–H groups in total. The first-order valence-electron chi connectivity index (χ1n) is 7.13. The molecular weight excluding hydrogens is 344 g/mol. The van der Waals surface area contributed by atoms with Gasteiger partial charge in [0.05, 0.1) is 29.2 Å². The van der Waals surface area contributed by atoms with Gasteiger partial charge in [-0.25, -0.2) is 10.4 Å². The minimum absolute atomic E-state index is 0.194. The topological polar surface area (TPSA) is 67.2 Å². The lowest BCUT2D eigenvalue weighted by molar-refractivity contribution is -0.118. The fourth-order valence-corrected chi connectivity index (χ4v) is 2.73. The number of carbonyl (C=O) groups excluding carboxylic acids is 1. The maximum atomic E-state index is 11.8. The minimum Gasteiger partial charge on any atom is -0.272 e. The van der Waals surface area contributed by atoms with Crippen molar-refractivity contribution in [3.63, 3.8) is 0 Å². The van der Waals surface area contributed by atoms with Crippen LogP contribution in [0.15, 0.2) is 64.7 Å². The highest BCUT2D eigenvalue weighted by Gasteiger charge is 2.02. The second-order valence-electron chi connectivity index (χ2n) is 4.82. The SMILES string of the molecule is O=C(CSc1ccc(Cl)cc1)N/N=C\c1cnc2ccccc2n1. The Balaban J connectivity index is 1.52. The molecule has 3 rings (SSSR count). The monoisotopic (exact) mass is 356 g/mol. The molecule has 0 saturated carbocycles. The molecule has 2 aromatic carbocycles. The molecule has 24 heavy (non-hydrogen) atoms. The van der Waals surface area contributed by atoms with Gasteiger partial charge in [-0.3, -0.25) is 9.78 Å². The number of nitrogens with zero attached hydrogens (tertiary/aromatic N) is 3. The van der Waals surface area contributed by atoms with Crippen molar-refractivity contribution in [3.05, 3.63) is 65.4 Å². The number of hydrogen-bond donors (Lipinski definition) is 1. The van der Waals surface area contributed by atoms with Gasteiger partial charge in [-0.05, 0) is 36.4 Å². The zero-order chi connectivity index (χ0) is 16.8. The smallest absolute Gasteiger partial charge is 0.250 e. The lowest BCUT2D eigenvalue weighted by atomic mass is 10.3. The molecule has 0 radical (unpaired) electrons. The summed E-state index contributed by atoms with van der Waals surface area (Å²) in [6, 6.07) is 14.9. The van der Waals surface area contributed by atoms with Gasteiger partial charge in [-0.1, -0.05) is 23.7 Å². The maximum absolute atomic E-state index is 11.8. The van der Waals surface area contributed by atoms with Crippen LogP contribution in [0.2, 0.25) is 5.02 Å². The molecule has 0 aliphatic carbocycles. The average Bonchev–Trinajstić information content (AvgIpc) is 2.61. The summed E-state index contributed by atoms with van der Waals surface area (Å²) in [5, 5.41) is 4.58. The Morgan fingerprint density at radius 3 is 2.71 bits per heavy atom. The Kier molecular flexibility index (Phi) is 5.40. The lowest BCUT2D eigenvalue weighted by Gasteiger charge is -2.01. The summed E-state index contributed by atoms with van der Waals surface area (Å²) in [4.78, 5) is 21.4. The predicted molar refractivity (Wildman–Crippen MR) is 97.5 cm³/mol. The number of aromatic nitrogens is 2. The van der Waals surface area contributed by atoms with Crippen LogP contribution in [-0.2, 0) is 4.79 Å². The van der Waals surface area contributed by atoms with E-state index in [1.54, 1.807) is 18.3 Å². The van der Waals surface area contributed by atoms with E-state index >= 15 is 0 Å². The van der Waals surface area contributed by atoms with Crippen molar-refractivity contribution < 1.29 is 4.79 Å². The highest BCUT2D eigenvalue weighted by atomic mass is 35.5.